The van der Waals surface area contributed by atoms with Crippen LogP contribution in [0.4, 0.5) is 5.69 Å². The fourth-order valence-electron chi connectivity index (χ4n) is 9.45. The molecule has 2 aliphatic heterocycles. The number of aliphatic hydroxyl groups excluding tert-OH is 2. The van der Waals surface area contributed by atoms with Crippen molar-refractivity contribution in [2.24, 2.45) is 0 Å². The minimum atomic E-state index is -2.87. The van der Waals surface area contributed by atoms with Gasteiger partial charge in [-0.15, -0.1) is 0 Å². The lowest BCUT2D eigenvalue weighted by Crippen LogP contribution is -2.78. The zero-order valence-electron chi connectivity index (χ0n) is 34.2. The van der Waals surface area contributed by atoms with Gasteiger partial charge in [0.15, 0.2) is 40.1 Å². The molecule has 1 aromatic heterocycles. The van der Waals surface area contributed by atoms with Crippen LogP contribution < -0.4 is 10.9 Å². The topological polar surface area (TPSA) is 309 Å². The maximum absolute atomic E-state index is 14.3. The van der Waals surface area contributed by atoms with Crippen LogP contribution in [0.5, 0.6) is 17.2 Å². The number of aliphatic hydroxyl groups is 4. The highest BCUT2D eigenvalue weighted by molar-refractivity contribution is 6.36. The molecule has 8 rings (SSSR count). The zero-order chi connectivity index (χ0) is 47.0. The fraction of sp³-hybridized carbons (Fsp3) is 0.333. The van der Waals surface area contributed by atoms with Crippen molar-refractivity contribution in [3.63, 3.8) is 0 Å². The predicted molar refractivity (Wildman–Crippen MR) is 223 cm³/mol. The number of benzene rings is 2. The summed E-state index contributed by atoms with van der Waals surface area (Å²) >= 11 is 5.93. The van der Waals surface area contributed by atoms with Crippen molar-refractivity contribution >= 4 is 57.7 Å². The van der Waals surface area contributed by atoms with Gasteiger partial charge in [0.25, 0.3) is 0 Å². The number of rotatable bonds is 9. The standard InChI is InChI=1S/C45H40ClNO18/c1-20-37(62-21(2)48)27(63-31(53)12-8-6-4-3-5-7-11-30(52)47-34-36(55)24-15-16-25(49)33(46)38(24)64-41(34)58)18-26(61-20)22-13-14-23-32(35(22)54)40(57)43-29(51)19-42(59)17-9-10-28(50)44(42,60)45(43,65-43)39(23)56/h3-16,20,26-27,29,37,40,49,51,54-55,57,59-60H,17-19H2,1-2H3,(H,47,52)/t20-,26-,27-,29+,37-,40+,42-,43+,44-,45-/m1/s1. The number of epoxide rings is 1. The number of carbonyl (C=O) groups excluding carboxylic acids is 5. The van der Waals surface area contributed by atoms with E-state index in [1.807, 2.05) is 0 Å². The van der Waals surface area contributed by atoms with Crippen LogP contribution in [0.2, 0.25) is 5.02 Å². The Balaban J connectivity index is 0.938. The lowest BCUT2D eigenvalue weighted by molar-refractivity contribution is -0.209. The number of anilines is 1. The molecule has 0 radical (unpaired) electrons. The van der Waals surface area contributed by atoms with Crippen LogP contribution in [-0.4, -0.2) is 112 Å². The molecule has 3 fully saturated rings. The number of hydrogen-bond acceptors (Lipinski definition) is 18. The first-order chi connectivity index (χ1) is 30.7. The molecule has 10 atom stereocenters. The maximum Gasteiger partial charge on any atom is 0.364 e. The number of aromatic hydroxyl groups is 3. The van der Waals surface area contributed by atoms with Gasteiger partial charge in [0.1, 0.15) is 34.3 Å². The second kappa shape index (κ2) is 16.2. The molecule has 0 bridgehead atoms. The Bertz CT molecular complexity index is 2790. The number of hydrogen-bond donors (Lipinski definition) is 8. The minimum Gasteiger partial charge on any atom is -0.507 e. The highest BCUT2D eigenvalue weighted by Crippen LogP contribution is 2.73. The van der Waals surface area contributed by atoms with Gasteiger partial charge in [-0.05, 0) is 31.6 Å². The van der Waals surface area contributed by atoms with Crippen molar-refractivity contribution in [1.82, 2.24) is 0 Å². The van der Waals surface area contributed by atoms with E-state index in [-0.39, 0.29) is 51.3 Å². The van der Waals surface area contributed by atoms with Gasteiger partial charge in [-0.1, -0.05) is 66.3 Å². The molecule has 1 amide bonds. The Morgan fingerprint density at radius 1 is 0.923 bits per heavy atom. The molecule has 3 heterocycles. The van der Waals surface area contributed by atoms with E-state index in [0.717, 1.165) is 25.2 Å². The summed E-state index contributed by atoms with van der Waals surface area (Å²) in [5.41, 5.74) is -12.7. The van der Waals surface area contributed by atoms with Gasteiger partial charge >= 0.3 is 17.6 Å². The largest absolute Gasteiger partial charge is 0.507 e. The molecule has 0 unspecified atom stereocenters. The van der Waals surface area contributed by atoms with Crippen molar-refractivity contribution in [3.8, 4) is 17.2 Å². The van der Waals surface area contributed by atoms with Crippen molar-refractivity contribution in [1.29, 1.82) is 0 Å². The molecule has 3 aromatic rings. The van der Waals surface area contributed by atoms with E-state index in [4.69, 9.17) is 35.0 Å². The van der Waals surface area contributed by atoms with Crippen LogP contribution in [0, 0.1) is 0 Å². The van der Waals surface area contributed by atoms with E-state index in [1.54, 1.807) is 0 Å². The molecule has 0 spiro atoms. The molecule has 2 saturated heterocycles. The number of amides is 1. The smallest absolute Gasteiger partial charge is 0.364 e. The maximum atomic E-state index is 14.3. The molecule has 3 aliphatic carbocycles. The lowest BCUT2D eigenvalue weighted by Gasteiger charge is -2.53. The number of allylic oxidation sites excluding steroid dienone is 6. The summed E-state index contributed by atoms with van der Waals surface area (Å²) in [6, 6.07) is 4.94. The normalized spacial score (nSPS) is 32.7. The second-order valence-corrected chi connectivity index (χ2v) is 16.6. The monoisotopic (exact) mass is 917 g/mol. The highest BCUT2D eigenvalue weighted by atomic mass is 35.5. The number of carbonyl (C=O) groups is 5. The summed E-state index contributed by atoms with van der Waals surface area (Å²) < 4.78 is 28.1. The first-order valence-electron chi connectivity index (χ1n) is 20.1. The Morgan fingerprint density at radius 3 is 2.32 bits per heavy atom. The van der Waals surface area contributed by atoms with Crippen LogP contribution in [0.15, 0.2) is 94.2 Å². The molecule has 340 valence electrons. The number of phenols is 2. The zero-order valence-corrected chi connectivity index (χ0v) is 34.9. The first kappa shape index (κ1) is 45.1. The summed E-state index contributed by atoms with van der Waals surface area (Å²) in [5.74, 6) is -6.10. The van der Waals surface area contributed by atoms with E-state index in [9.17, 15) is 64.5 Å². The second-order valence-electron chi connectivity index (χ2n) is 16.2. The molecule has 19 nitrogen and oxygen atoms in total. The number of ketones is 2. The van der Waals surface area contributed by atoms with Crippen LogP contribution in [0.1, 0.15) is 66.8 Å². The number of halogens is 1. The molecule has 1 saturated carbocycles. The van der Waals surface area contributed by atoms with Gasteiger partial charge in [-0.25, -0.2) is 9.59 Å². The van der Waals surface area contributed by atoms with Crippen molar-refractivity contribution in [2.45, 2.75) is 92.1 Å². The first-order valence-corrected chi connectivity index (χ1v) is 20.4. The van der Waals surface area contributed by atoms with Gasteiger partial charge in [0, 0.05) is 48.6 Å². The molecule has 2 aromatic carbocycles. The Labute approximate surface area is 371 Å². The average Bonchev–Trinajstić information content (AvgIpc) is 3.99. The number of esters is 2. The quantitative estimate of drug-likeness (QED) is 0.0503. The van der Waals surface area contributed by atoms with Crippen LogP contribution >= 0.6 is 11.6 Å². The summed E-state index contributed by atoms with van der Waals surface area (Å²) in [6.45, 7) is 2.68. The number of phenolic OH excluding ortho intramolecular Hbond substituents is 2. The SMILES string of the molecule is CC(=O)O[C@@H]1[C@@H](C)O[C@@H](c2ccc3c(c2O)[C@H](O)[C@]24O[C@@]2(C3=O)[C@@]2(O)C(=O)C=CC[C@@]2(O)C[C@@H]4O)C[C@H]1OC(=O)C=CC=CC=CC=CC(=O)Nc1c(O)c2ccc(O)c(Cl)c2oc1=O. The Morgan fingerprint density at radius 2 is 1.62 bits per heavy atom. The summed E-state index contributed by atoms with van der Waals surface area (Å²) in [6.07, 6.45) is 3.71. The third kappa shape index (κ3) is 6.80. The molecule has 65 heavy (non-hydrogen) atoms. The van der Waals surface area contributed by atoms with Gasteiger partial charge in [-0.3, -0.25) is 19.2 Å². The fourth-order valence-corrected chi connectivity index (χ4v) is 9.66. The van der Waals surface area contributed by atoms with E-state index < -0.39 is 118 Å². The summed E-state index contributed by atoms with van der Waals surface area (Å²) in [7, 11) is 0. The molecular weight excluding hydrogens is 878 g/mol. The van der Waals surface area contributed by atoms with E-state index in [0.29, 0.717) is 0 Å². The van der Waals surface area contributed by atoms with E-state index >= 15 is 0 Å². The van der Waals surface area contributed by atoms with Gasteiger partial charge in [0.05, 0.1) is 23.7 Å². The number of nitrogens with one attached hydrogen (secondary N) is 1. The van der Waals surface area contributed by atoms with Gasteiger partial charge < -0.3 is 64.4 Å². The Hall–Kier alpha value is -6.45. The molecule has 8 N–H and O–H groups in total. The minimum absolute atomic E-state index is 0.00747. The summed E-state index contributed by atoms with van der Waals surface area (Å²) in [5, 5.41) is 80.3. The van der Waals surface area contributed by atoms with Crippen molar-refractivity contribution in [3.05, 3.63) is 117 Å². The molecular formula is C45H40ClNO18. The van der Waals surface area contributed by atoms with Crippen LogP contribution in [-0.2, 0) is 38.1 Å². The highest BCUT2D eigenvalue weighted by Gasteiger charge is 2.96. The summed E-state index contributed by atoms with van der Waals surface area (Å²) in [4.78, 5) is 77.4. The van der Waals surface area contributed by atoms with Gasteiger partial charge in [0.2, 0.25) is 17.3 Å². The van der Waals surface area contributed by atoms with E-state index in [2.05, 4.69) is 5.32 Å². The number of fused-ring (bicyclic) bond motifs is 3. The lowest BCUT2D eigenvalue weighted by atomic mass is 9.51. The van der Waals surface area contributed by atoms with E-state index in [1.165, 1.54) is 73.7 Å². The van der Waals surface area contributed by atoms with Gasteiger partial charge in [-0.2, -0.15) is 0 Å². The van der Waals surface area contributed by atoms with Crippen molar-refractivity contribution < 1.29 is 83.1 Å². The number of Topliss-reactive ketones (excluding diaryl/α,β-unsaturated/α-hetero) is 1. The third-order valence-corrected chi connectivity index (χ3v) is 12.8. The Kier molecular flexibility index (Phi) is 11.3. The average molecular weight is 918 g/mol. The number of ether oxygens (including phenoxy) is 4. The molecule has 20 heteroatoms. The van der Waals surface area contributed by atoms with Crippen LogP contribution in [0.25, 0.3) is 11.0 Å². The molecule has 5 aliphatic rings. The van der Waals surface area contributed by atoms with Crippen LogP contribution in [0.3, 0.4) is 0 Å². The van der Waals surface area contributed by atoms with Crippen molar-refractivity contribution in [2.75, 3.05) is 5.32 Å². The predicted octanol–water partition coefficient (Wildman–Crippen LogP) is 2.61. The third-order valence-electron chi connectivity index (χ3n) is 12.4.